The summed E-state index contributed by atoms with van der Waals surface area (Å²) in [6.45, 7) is 0.518. The maximum absolute atomic E-state index is 13.7. The number of hydrogen-bond donors (Lipinski definition) is 2. The van der Waals surface area contributed by atoms with Crippen molar-refractivity contribution in [1.29, 1.82) is 0 Å². The Kier molecular flexibility index (Phi) is 7.06. The van der Waals surface area contributed by atoms with Crippen LogP contribution in [-0.4, -0.2) is 31.0 Å². The van der Waals surface area contributed by atoms with Crippen molar-refractivity contribution >= 4 is 30.0 Å². The highest BCUT2D eigenvalue weighted by Gasteiger charge is 2.35. The van der Waals surface area contributed by atoms with Crippen molar-refractivity contribution in [2.24, 2.45) is 5.73 Å². The van der Waals surface area contributed by atoms with Gasteiger partial charge in [-0.2, -0.15) is 0 Å². The molecule has 0 radical (unpaired) electrons. The van der Waals surface area contributed by atoms with Crippen molar-refractivity contribution in [1.82, 2.24) is 0 Å². The van der Waals surface area contributed by atoms with Crippen molar-refractivity contribution in [2.75, 3.05) is 19.9 Å². The van der Waals surface area contributed by atoms with E-state index in [1.807, 2.05) is 0 Å². The van der Waals surface area contributed by atoms with E-state index in [-0.39, 0.29) is 18.8 Å². The lowest BCUT2D eigenvalue weighted by Gasteiger charge is -2.35. The predicted molar refractivity (Wildman–Crippen MR) is 85.6 cm³/mol. The number of benzene rings is 1. The molecule has 1 aliphatic rings. The molecule has 3 N–H and O–H groups in total. The summed E-state index contributed by atoms with van der Waals surface area (Å²) in [4.78, 5) is 10.8. The zero-order valence-electron chi connectivity index (χ0n) is 12.1. The Balaban J connectivity index is 0.00000242. The number of halogens is 3. The molecule has 4 nitrogen and oxygen atoms in total. The normalized spacial score (nSPS) is 18.3. The zero-order valence-corrected chi connectivity index (χ0v) is 13.6. The molecule has 1 aromatic carbocycles. The summed E-state index contributed by atoms with van der Waals surface area (Å²) in [7, 11) is 0. The summed E-state index contributed by atoms with van der Waals surface area (Å²) in [5.41, 5.74) is 6.68. The fraction of sp³-hybridized carbons (Fsp3) is 0.533. The highest BCUT2D eigenvalue weighted by atomic mass is 35.5. The summed E-state index contributed by atoms with van der Waals surface area (Å²) >= 11 is 6.11. The Hall–Kier alpha value is -0.880. The van der Waals surface area contributed by atoms with Gasteiger partial charge in [0.15, 0.2) is 0 Å². The van der Waals surface area contributed by atoms with Crippen LogP contribution in [0.2, 0.25) is 5.02 Å². The molecule has 0 aliphatic carbocycles. The third kappa shape index (κ3) is 4.32. The SMILES string of the molecule is Cl.NC(CC(=O)O)c1cc(Cl)cc(C2(CF)CCOCC2)c1. The first-order chi connectivity index (χ1) is 9.97. The molecule has 1 unspecified atom stereocenters. The monoisotopic (exact) mass is 351 g/mol. The van der Waals surface area contributed by atoms with Gasteiger partial charge in [-0.3, -0.25) is 9.18 Å². The highest BCUT2D eigenvalue weighted by molar-refractivity contribution is 6.30. The standard InChI is InChI=1S/C15H19ClFNO3.ClH/c16-12-6-10(13(18)8-14(19)20)5-11(7-12)15(9-17)1-3-21-4-2-15;/h5-7,13H,1-4,8-9,18H2,(H,19,20);1H. The Morgan fingerprint density at radius 1 is 1.41 bits per heavy atom. The molecule has 0 bridgehead atoms. The third-order valence-corrected chi connectivity index (χ3v) is 4.28. The van der Waals surface area contributed by atoms with Crippen LogP contribution in [0.3, 0.4) is 0 Å². The molecule has 0 aromatic heterocycles. The van der Waals surface area contributed by atoms with Crippen LogP contribution in [0.15, 0.2) is 18.2 Å². The van der Waals surface area contributed by atoms with E-state index in [2.05, 4.69) is 0 Å². The van der Waals surface area contributed by atoms with Gasteiger partial charge in [0.25, 0.3) is 0 Å². The Labute approximate surface area is 140 Å². The quantitative estimate of drug-likeness (QED) is 0.853. The van der Waals surface area contributed by atoms with E-state index in [1.54, 1.807) is 18.2 Å². The van der Waals surface area contributed by atoms with E-state index in [9.17, 15) is 9.18 Å². The minimum absolute atomic E-state index is 0. The second kappa shape index (κ2) is 8.11. The van der Waals surface area contributed by atoms with Crippen molar-refractivity contribution in [3.8, 4) is 0 Å². The van der Waals surface area contributed by atoms with E-state index in [0.717, 1.165) is 5.56 Å². The van der Waals surface area contributed by atoms with Crippen LogP contribution in [0.25, 0.3) is 0 Å². The average molecular weight is 352 g/mol. The molecule has 7 heteroatoms. The van der Waals surface area contributed by atoms with Crippen LogP contribution >= 0.6 is 24.0 Å². The first kappa shape index (κ1) is 19.2. The van der Waals surface area contributed by atoms with Crippen molar-refractivity contribution in [2.45, 2.75) is 30.7 Å². The van der Waals surface area contributed by atoms with Gasteiger partial charge in [-0.15, -0.1) is 12.4 Å². The first-order valence-corrected chi connectivity index (χ1v) is 7.27. The number of hydrogen-bond acceptors (Lipinski definition) is 3. The lowest BCUT2D eigenvalue weighted by molar-refractivity contribution is -0.137. The molecule has 124 valence electrons. The largest absolute Gasteiger partial charge is 0.481 e. The van der Waals surface area contributed by atoms with E-state index in [0.29, 0.717) is 36.6 Å². The van der Waals surface area contributed by atoms with Crippen molar-refractivity contribution in [3.63, 3.8) is 0 Å². The Morgan fingerprint density at radius 3 is 2.59 bits per heavy atom. The van der Waals surface area contributed by atoms with Crippen molar-refractivity contribution in [3.05, 3.63) is 34.3 Å². The summed E-state index contributed by atoms with van der Waals surface area (Å²) < 4.78 is 19.0. The highest BCUT2D eigenvalue weighted by Crippen LogP contribution is 2.37. The maximum atomic E-state index is 13.7. The smallest absolute Gasteiger partial charge is 0.305 e. The number of carboxylic acids is 1. The van der Waals surface area contributed by atoms with Gasteiger partial charge in [-0.1, -0.05) is 17.7 Å². The lowest BCUT2D eigenvalue weighted by Crippen LogP contribution is -2.36. The second-order valence-corrected chi connectivity index (χ2v) is 5.94. The molecule has 1 fully saturated rings. The maximum Gasteiger partial charge on any atom is 0.305 e. The van der Waals surface area contributed by atoms with Gasteiger partial charge < -0.3 is 15.6 Å². The van der Waals surface area contributed by atoms with Gasteiger partial charge in [-0.05, 0) is 36.1 Å². The molecule has 0 amide bonds. The summed E-state index contributed by atoms with van der Waals surface area (Å²) in [6, 6.07) is 4.51. The number of ether oxygens (including phenoxy) is 1. The molecule has 1 aliphatic heterocycles. The number of carboxylic acid groups (broad SMARTS) is 1. The van der Waals surface area contributed by atoms with Gasteiger partial charge in [0, 0.05) is 29.7 Å². The van der Waals surface area contributed by atoms with Crippen LogP contribution in [0.1, 0.15) is 36.4 Å². The number of aliphatic carboxylic acids is 1. The van der Waals surface area contributed by atoms with Gasteiger partial charge >= 0.3 is 5.97 Å². The summed E-state index contributed by atoms with van der Waals surface area (Å²) in [5.74, 6) is -0.977. The number of rotatable bonds is 5. The third-order valence-electron chi connectivity index (χ3n) is 4.06. The number of carbonyl (C=O) groups is 1. The summed E-state index contributed by atoms with van der Waals surface area (Å²) in [5, 5.41) is 9.29. The van der Waals surface area contributed by atoms with Crippen LogP contribution in [0, 0.1) is 0 Å². The first-order valence-electron chi connectivity index (χ1n) is 6.89. The Bertz CT molecular complexity index is 522. The topological polar surface area (TPSA) is 72.6 Å². The van der Waals surface area contributed by atoms with Gasteiger partial charge in [0.2, 0.25) is 0 Å². The molecule has 1 saturated heterocycles. The fourth-order valence-electron chi connectivity index (χ4n) is 2.70. The van der Waals surface area contributed by atoms with Crippen LogP contribution in [0.4, 0.5) is 4.39 Å². The van der Waals surface area contributed by atoms with E-state index in [4.69, 9.17) is 27.2 Å². The lowest BCUT2D eigenvalue weighted by atomic mass is 9.74. The molecule has 1 heterocycles. The molecular weight excluding hydrogens is 332 g/mol. The minimum Gasteiger partial charge on any atom is -0.481 e. The van der Waals surface area contributed by atoms with E-state index in [1.165, 1.54) is 0 Å². The number of nitrogens with two attached hydrogens (primary N) is 1. The van der Waals surface area contributed by atoms with Crippen molar-refractivity contribution < 1.29 is 19.0 Å². The molecule has 2 rings (SSSR count). The van der Waals surface area contributed by atoms with Crippen LogP contribution in [-0.2, 0) is 14.9 Å². The van der Waals surface area contributed by atoms with E-state index < -0.39 is 24.1 Å². The molecule has 1 atom stereocenters. The average Bonchev–Trinajstić information content (AvgIpc) is 2.46. The zero-order chi connectivity index (χ0) is 15.5. The molecule has 22 heavy (non-hydrogen) atoms. The molecule has 1 aromatic rings. The van der Waals surface area contributed by atoms with E-state index >= 15 is 0 Å². The fourth-order valence-corrected chi connectivity index (χ4v) is 2.94. The molecular formula is C15H20Cl2FNO3. The van der Waals surface area contributed by atoms with Gasteiger partial charge in [0.1, 0.15) is 0 Å². The molecule has 0 spiro atoms. The van der Waals surface area contributed by atoms with Crippen LogP contribution in [0.5, 0.6) is 0 Å². The predicted octanol–water partition coefficient (Wildman–Crippen LogP) is 3.25. The summed E-state index contributed by atoms with van der Waals surface area (Å²) in [6.07, 6.45) is 0.973. The van der Waals surface area contributed by atoms with Gasteiger partial charge in [0.05, 0.1) is 13.1 Å². The second-order valence-electron chi connectivity index (χ2n) is 5.50. The van der Waals surface area contributed by atoms with Gasteiger partial charge in [-0.25, -0.2) is 0 Å². The van der Waals surface area contributed by atoms with Crippen LogP contribution < -0.4 is 5.73 Å². The Morgan fingerprint density at radius 2 is 2.05 bits per heavy atom. The minimum atomic E-state index is -0.977. The molecule has 0 saturated carbocycles. The number of alkyl halides is 1.